The predicted octanol–water partition coefficient (Wildman–Crippen LogP) is 1.77. The topological polar surface area (TPSA) is 41.4 Å². The first-order chi connectivity index (χ1) is 10.6. The van der Waals surface area contributed by atoms with Crippen LogP contribution in [0.4, 0.5) is 0 Å². The molecule has 116 valence electrons. The van der Waals surface area contributed by atoms with Crippen LogP contribution in [0.3, 0.4) is 0 Å². The number of hydrogen-bond acceptors (Lipinski definition) is 3. The number of carbonyl (C=O) groups is 1. The van der Waals surface area contributed by atoms with Crippen LogP contribution in [0.5, 0.6) is 0 Å². The molecule has 1 aromatic heterocycles. The molecule has 1 aromatic carbocycles. The molecule has 0 radical (unpaired) electrons. The summed E-state index contributed by atoms with van der Waals surface area (Å²) in [6.07, 6.45) is 2.28. The van der Waals surface area contributed by atoms with Crippen molar-refractivity contribution in [2.24, 2.45) is 7.05 Å². The lowest BCUT2D eigenvalue weighted by Gasteiger charge is -2.41. The first kappa shape index (κ1) is 13.8. The van der Waals surface area contributed by atoms with E-state index in [1.54, 1.807) is 0 Å². The van der Waals surface area contributed by atoms with Crippen molar-refractivity contribution in [3.63, 3.8) is 0 Å². The van der Waals surface area contributed by atoms with Gasteiger partial charge in [-0.2, -0.15) is 0 Å². The zero-order chi connectivity index (χ0) is 15.3. The first-order valence-electron chi connectivity index (χ1n) is 8.10. The first-order valence-corrected chi connectivity index (χ1v) is 8.10. The Morgan fingerprint density at radius 3 is 2.95 bits per heavy atom. The van der Waals surface area contributed by atoms with Gasteiger partial charge in [0.05, 0.1) is 23.6 Å². The molecule has 0 saturated carbocycles. The number of benzene rings is 1. The average Bonchev–Trinajstić information content (AvgIpc) is 3.11. The van der Waals surface area contributed by atoms with Gasteiger partial charge >= 0.3 is 0 Å². The number of aryl methyl sites for hydroxylation is 1. The van der Waals surface area contributed by atoms with Crippen LogP contribution in [0.1, 0.15) is 25.6 Å². The lowest BCUT2D eigenvalue weighted by Crippen LogP contribution is -2.58. The highest BCUT2D eigenvalue weighted by Gasteiger charge is 2.40. The average molecular weight is 298 g/mol. The Bertz CT molecular complexity index is 723. The molecule has 2 aliphatic rings. The molecule has 2 saturated heterocycles. The third kappa shape index (κ3) is 2.03. The largest absolute Gasteiger partial charge is 0.337 e. The van der Waals surface area contributed by atoms with Crippen molar-refractivity contribution in [1.29, 1.82) is 0 Å². The fourth-order valence-corrected chi connectivity index (χ4v) is 3.86. The Morgan fingerprint density at radius 1 is 1.32 bits per heavy atom. The van der Waals surface area contributed by atoms with Crippen molar-refractivity contribution in [1.82, 2.24) is 19.4 Å². The zero-order valence-corrected chi connectivity index (χ0v) is 13.2. The summed E-state index contributed by atoms with van der Waals surface area (Å²) in [5.74, 6) is 1.32. The van der Waals surface area contributed by atoms with Gasteiger partial charge in [-0.15, -0.1) is 0 Å². The van der Waals surface area contributed by atoms with E-state index in [9.17, 15) is 4.79 Å². The number of imidazole rings is 1. The number of rotatable bonds is 2. The van der Waals surface area contributed by atoms with Crippen molar-refractivity contribution < 1.29 is 4.79 Å². The van der Waals surface area contributed by atoms with E-state index in [0.29, 0.717) is 6.04 Å². The number of piperazine rings is 1. The second kappa shape index (κ2) is 5.09. The number of amides is 1. The molecule has 22 heavy (non-hydrogen) atoms. The molecule has 0 spiro atoms. The van der Waals surface area contributed by atoms with E-state index >= 15 is 0 Å². The zero-order valence-electron chi connectivity index (χ0n) is 13.2. The van der Waals surface area contributed by atoms with Crippen LogP contribution < -0.4 is 0 Å². The van der Waals surface area contributed by atoms with Gasteiger partial charge in [-0.25, -0.2) is 4.98 Å². The predicted molar refractivity (Wildman–Crippen MR) is 85.3 cm³/mol. The Balaban J connectivity index is 1.61. The number of aromatic nitrogens is 2. The van der Waals surface area contributed by atoms with Gasteiger partial charge < -0.3 is 9.47 Å². The van der Waals surface area contributed by atoms with E-state index < -0.39 is 0 Å². The number of nitrogens with zero attached hydrogens (tertiary/aromatic N) is 4. The summed E-state index contributed by atoms with van der Waals surface area (Å²) < 4.78 is 2.15. The van der Waals surface area contributed by atoms with Crippen molar-refractivity contribution in [3.05, 3.63) is 30.1 Å². The van der Waals surface area contributed by atoms with Gasteiger partial charge in [-0.05, 0) is 31.9 Å². The van der Waals surface area contributed by atoms with Crippen LogP contribution >= 0.6 is 0 Å². The van der Waals surface area contributed by atoms with Crippen LogP contribution in [0.15, 0.2) is 24.3 Å². The Labute approximate surface area is 130 Å². The molecule has 0 N–H and O–H groups in total. The van der Waals surface area contributed by atoms with Gasteiger partial charge in [0, 0.05) is 26.2 Å². The molecule has 4 rings (SSSR count). The van der Waals surface area contributed by atoms with Gasteiger partial charge in [-0.3, -0.25) is 9.69 Å². The molecular formula is C17H22N4O. The van der Waals surface area contributed by atoms with E-state index in [1.807, 2.05) is 25.1 Å². The van der Waals surface area contributed by atoms with Gasteiger partial charge in [0.25, 0.3) is 0 Å². The second-order valence-electron chi connectivity index (χ2n) is 6.51. The van der Waals surface area contributed by atoms with Gasteiger partial charge in [0.1, 0.15) is 5.82 Å². The smallest absolute Gasteiger partial charge is 0.239 e. The maximum Gasteiger partial charge on any atom is 0.239 e. The van der Waals surface area contributed by atoms with Crippen LogP contribution in [0.2, 0.25) is 0 Å². The highest BCUT2D eigenvalue weighted by Crippen LogP contribution is 2.27. The van der Waals surface area contributed by atoms with Crippen LogP contribution in [-0.4, -0.2) is 50.4 Å². The molecule has 3 heterocycles. The van der Waals surface area contributed by atoms with Crippen molar-refractivity contribution in [2.75, 3.05) is 13.1 Å². The van der Waals surface area contributed by atoms with E-state index in [1.165, 1.54) is 0 Å². The fraction of sp³-hybridized carbons (Fsp3) is 0.529. The molecule has 2 atom stereocenters. The quantitative estimate of drug-likeness (QED) is 0.848. The van der Waals surface area contributed by atoms with E-state index in [4.69, 9.17) is 4.98 Å². The van der Waals surface area contributed by atoms with Crippen LogP contribution in [-0.2, 0) is 18.4 Å². The minimum absolute atomic E-state index is 0.0471. The minimum Gasteiger partial charge on any atom is -0.337 e. The van der Waals surface area contributed by atoms with E-state index in [2.05, 4.69) is 27.5 Å². The van der Waals surface area contributed by atoms with Crippen molar-refractivity contribution >= 4 is 16.9 Å². The summed E-state index contributed by atoms with van der Waals surface area (Å²) in [6, 6.07) is 8.55. The van der Waals surface area contributed by atoms with Crippen molar-refractivity contribution in [2.45, 2.75) is 38.4 Å². The summed E-state index contributed by atoms with van der Waals surface area (Å²) in [4.78, 5) is 21.6. The SMILES string of the molecule is C[C@H]1C(=O)N2CCC[C@H]2CN1Cc1nc2ccccc2n1C. The lowest BCUT2D eigenvalue weighted by atomic mass is 10.1. The summed E-state index contributed by atoms with van der Waals surface area (Å²) in [5.41, 5.74) is 2.18. The van der Waals surface area contributed by atoms with Gasteiger partial charge in [0.15, 0.2) is 0 Å². The molecule has 0 aliphatic carbocycles. The van der Waals surface area contributed by atoms with Gasteiger partial charge in [0.2, 0.25) is 5.91 Å². The molecule has 0 bridgehead atoms. The normalized spacial score (nSPS) is 25.9. The molecule has 2 aromatic rings. The molecule has 2 fully saturated rings. The Morgan fingerprint density at radius 2 is 2.14 bits per heavy atom. The minimum atomic E-state index is -0.0471. The van der Waals surface area contributed by atoms with E-state index in [-0.39, 0.29) is 11.9 Å². The lowest BCUT2D eigenvalue weighted by molar-refractivity contribution is -0.143. The molecular weight excluding hydrogens is 276 g/mol. The standard InChI is InChI=1S/C17H22N4O/c1-12-17(22)21-9-5-6-13(21)10-20(12)11-16-18-14-7-3-4-8-15(14)19(16)2/h3-4,7-8,12-13H,5-6,9-11H2,1-2H3/t12-,13-/m0/s1. The fourth-order valence-electron chi connectivity index (χ4n) is 3.86. The second-order valence-corrected chi connectivity index (χ2v) is 6.51. The maximum absolute atomic E-state index is 12.5. The summed E-state index contributed by atoms with van der Waals surface area (Å²) in [6.45, 7) is 4.67. The number of hydrogen-bond donors (Lipinski definition) is 0. The third-order valence-corrected chi connectivity index (χ3v) is 5.23. The summed E-state index contributed by atoms with van der Waals surface area (Å²) in [5, 5.41) is 0. The summed E-state index contributed by atoms with van der Waals surface area (Å²) in [7, 11) is 2.06. The Kier molecular flexibility index (Phi) is 3.18. The molecule has 1 amide bonds. The van der Waals surface area contributed by atoms with Crippen LogP contribution in [0, 0.1) is 0 Å². The monoisotopic (exact) mass is 298 g/mol. The molecule has 5 nitrogen and oxygen atoms in total. The Hall–Kier alpha value is -1.88. The number of para-hydroxylation sites is 2. The van der Waals surface area contributed by atoms with E-state index in [0.717, 1.165) is 49.3 Å². The summed E-state index contributed by atoms with van der Waals surface area (Å²) >= 11 is 0. The highest BCUT2D eigenvalue weighted by molar-refractivity contribution is 5.83. The van der Waals surface area contributed by atoms with Crippen molar-refractivity contribution in [3.8, 4) is 0 Å². The van der Waals surface area contributed by atoms with Gasteiger partial charge in [-0.1, -0.05) is 12.1 Å². The molecule has 2 aliphatic heterocycles. The van der Waals surface area contributed by atoms with Crippen LogP contribution in [0.25, 0.3) is 11.0 Å². The maximum atomic E-state index is 12.5. The number of carbonyl (C=O) groups excluding carboxylic acids is 1. The number of fused-ring (bicyclic) bond motifs is 2. The molecule has 5 heteroatoms. The highest BCUT2D eigenvalue weighted by atomic mass is 16.2. The molecule has 0 unspecified atom stereocenters. The third-order valence-electron chi connectivity index (χ3n) is 5.23.